The van der Waals surface area contributed by atoms with Crippen LogP contribution in [0.1, 0.15) is 31.9 Å². The van der Waals surface area contributed by atoms with Crippen LogP contribution < -0.4 is 4.57 Å². The van der Waals surface area contributed by atoms with Crippen molar-refractivity contribution in [1.29, 1.82) is 0 Å². The first kappa shape index (κ1) is 25.7. The summed E-state index contributed by atoms with van der Waals surface area (Å²) in [6.45, 7) is 9.22. The maximum Gasteiger partial charge on any atom is 0.220 e. The molecule has 0 radical (unpaired) electrons. The van der Waals surface area contributed by atoms with Gasteiger partial charge in [-0.15, -0.1) is 0 Å². The standard InChI is InChI=1S/C40H34N3/c1-25-28-11-6-7-12-31(28)36(40(2,3)4)24-35(25)38-33-18-16-26-23-27(17-19-29(26)30(33)20-22-42(38)5)43-37-15-9-8-13-32(37)34-14-10-21-41-39(34)43/h6-24H,1-5H3/q+1. The topological polar surface area (TPSA) is 21.7 Å². The Morgan fingerprint density at radius 2 is 1.37 bits per heavy atom. The Hall–Kier alpha value is -5.02. The number of aromatic nitrogens is 3. The summed E-state index contributed by atoms with van der Waals surface area (Å²) in [5.41, 5.74) is 8.56. The predicted molar refractivity (Wildman–Crippen MR) is 181 cm³/mol. The third-order valence-electron chi connectivity index (χ3n) is 9.19. The third-order valence-corrected chi connectivity index (χ3v) is 9.19. The number of hydrogen-bond acceptors (Lipinski definition) is 1. The number of para-hydroxylation sites is 1. The summed E-state index contributed by atoms with van der Waals surface area (Å²) in [5.74, 6) is 0. The minimum atomic E-state index is 0.0238. The van der Waals surface area contributed by atoms with Gasteiger partial charge in [0.1, 0.15) is 12.7 Å². The minimum Gasteiger partial charge on any atom is -0.294 e. The largest absolute Gasteiger partial charge is 0.294 e. The lowest BCUT2D eigenvalue weighted by atomic mass is 9.80. The molecule has 43 heavy (non-hydrogen) atoms. The summed E-state index contributed by atoms with van der Waals surface area (Å²) in [6, 6.07) is 37.8. The lowest BCUT2D eigenvalue weighted by Crippen LogP contribution is -2.31. The van der Waals surface area contributed by atoms with Gasteiger partial charge in [-0.1, -0.05) is 75.4 Å². The molecule has 0 saturated heterocycles. The number of rotatable bonds is 2. The average molecular weight is 557 g/mol. The first-order chi connectivity index (χ1) is 20.8. The van der Waals surface area contributed by atoms with E-state index < -0.39 is 0 Å². The molecular formula is C40H34N3+. The quantitative estimate of drug-likeness (QED) is 0.153. The van der Waals surface area contributed by atoms with Crippen molar-refractivity contribution in [2.75, 3.05) is 0 Å². The van der Waals surface area contributed by atoms with Crippen molar-refractivity contribution in [2.45, 2.75) is 33.1 Å². The van der Waals surface area contributed by atoms with E-state index in [1.54, 1.807) is 0 Å². The molecule has 0 spiro atoms. The highest BCUT2D eigenvalue weighted by molar-refractivity contribution is 6.13. The molecule has 3 aromatic heterocycles. The van der Waals surface area contributed by atoms with Gasteiger partial charge in [-0.05, 0) is 87.5 Å². The van der Waals surface area contributed by atoms with Crippen molar-refractivity contribution in [3.63, 3.8) is 0 Å². The summed E-state index contributed by atoms with van der Waals surface area (Å²) in [5, 5.41) is 10.1. The number of fused-ring (bicyclic) bond motifs is 7. The Labute approximate surface area is 251 Å². The van der Waals surface area contributed by atoms with Gasteiger partial charge in [0.15, 0.2) is 6.20 Å². The second-order valence-electron chi connectivity index (χ2n) is 12.8. The van der Waals surface area contributed by atoms with Crippen LogP contribution in [0.5, 0.6) is 0 Å². The summed E-state index contributed by atoms with van der Waals surface area (Å²) >= 11 is 0. The van der Waals surface area contributed by atoms with E-state index in [0.717, 1.165) is 11.3 Å². The van der Waals surface area contributed by atoms with E-state index in [-0.39, 0.29) is 5.41 Å². The van der Waals surface area contributed by atoms with E-state index >= 15 is 0 Å². The Morgan fingerprint density at radius 1 is 0.651 bits per heavy atom. The SMILES string of the molecule is Cc1c(-c2c3ccc4cc(-n5c6ccccc6c6cccnc65)ccc4c3cc[n+]2C)cc(C(C)(C)C)c2ccccc12. The Bertz CT molecular complexity index is 2350. The highest BCUT2D eigenvalue weighted by Gasteiger charge is 2.25. The molecule has 3 heterocycles. The molecule has 8 aromatic rings. The molecule has 0 aliphatic carbocycles. The van der Waals surface area contributed by atoms with Crippen molar-refractivity contribution in [3.05, 3.63) is 127 Å². The van der Waals surface area contributed by atoms with Gasteiger partial charge in [0.2, 0.25) is 5.69 Å². The van der Waals surface area contributed by atoms with Crippen LogP contribution in [0.25, 0.3) is 71.2 Å². The Kier molecular flexibility index (Phi) is 5.52. The first-order valence-corrected chi connectivity index (χ1v) is 15.0. The van der Waals surface area contributed by atoms with E-state index in [2.05, 4.69) is 147 Å². The maximum absolute atomic E-state index is 4.79. The van der Waals surface area contributed by atoms with Crippen molar-refractivity contribution in [2.24, 2.45) is 7.05 Å². The molecule has 8 rings (SSSR count). The molecule has 208 valence electrons. The van der Waals surface area contributed by atoms with Gasteiger partial charge in [-0.25, -0.2) is 9.55 Å². The summed E-state index contributed by atoms with van der Waals surface area (Å²) in [4.78, 5) is 4.79. The smallest absolute Gasteiger partial charge is 0.220 e. The molecule has 3 heteroatoms. The number of hydrogen-bond donors (Lipinski definition) is 0. The molecule has 3 nitrogen and oxygen atoms in total. The lowest BCUT2D eigenvalue weighted by molar-refractivity contribution is -0.659. The second kappa shape index (κ2) is 9.24. The molecule has 0 atom stereocenters. The van der Waals surface area contributed by atoms with Gasteiger partial charge in [0.05, 0.1) is 16.5 Å². The summed E-state index contributed by atoms with van der Waals surface area (Å²) in [6.07, 6.45) is 4.10. The average Bonchev–Trinajstić information content (AvgIpc) is 3.35. The molecular weight excluding hydrogens is 522 g/mol. The fraction of sp³-hybridized carbons (Fsp3) is 0.150. The van der Waals surface area contributed by atoms with Crippen LogP contribution in [-0.2, 0) is 12.5 Å². The fourth-order valence-corrected chi connectivity index (χ4v) is 7.10. The summed E-state index contributed by atoms with van der Waals surface area (Å²) in [7, 11) is 2.17. The van der Waals surface area contributed by atoms with Gasteiger partial charge in [0.25, 0.3) is 0 Å². The number of aryl methyl sites for hydroxylation is 2. The monoisotopic (exact) mass is 556 g/mol. The molecule has 5 aromatic carbocycles. The molecule has 0 fully saturated rings. The normalized spacial score (nSPS) is 12.3. The Balaban J connectivity index is 1.38. The second-order valence-corrected chi connectivity index (χ2v) is 12.8. The number of nitrogens with zero attached hydrogens (tertiary/aromatic N) is 3. The van der Waals surface area contributed by atoms with Crippen molar-refractivity contribution >= 4 is 54.3 Å². The number of pyridine rings is 2. The molecule has 0 bridgehead atoms. The summed E-state index contributed by atoms with van der Waals surface area (Å²) < 4.78 is 4.58. The third kappa shape index (κ3) is 3.81. The van der Waals surface area contributed by atoms with Crippen LogP contribution in [0.3, 0.4) is 0 Å². The zero-order chi connectivity index (χ0) is 29.5. The fourth-order valence-electron chi connectivity index (χ4n) is 7.10. The van der Waals surface area contributed by atoms with Gasteiger partial charge in [-0.2, -0.15) is 0 Å². The van der Waals surface area contributed by atoms with Crippen molar-refractivity contribution in [3.8, 4) is 16.9 Å². The van der Waals surface area contributed by atoms with E-state index in [0.29, 0.717) is 0 Å². The van der Waals surface area contributed by atoms with E-state index in [9.17, 15) is 0 Å². The van der Waals surface area contributed by atoms with Crippen LogP contribution in [0.15, 0.2) is 116 Å². The van der Waals surface area contributed by atoms with Gasteiger partial charge < -0.3 is 0 Å². The van der Waals surface area contributed by atoms with Gasteiger partial charge >= 0.3 is 0 Å². The van der Waals surface area contributed by atoms with Crippen LogP contribution >= 0.6 is 0 Å². The molecule has 0 aliphatic rings. The van der Waals surface area contributed by atoms with Gasteiger partial charge in [0, 0.05) is 34.1 Å². The molecule has 0 N–H and O–H groups in total. The molecule has 0 aliphatic heterocycles. The predicted octanol–water partition coefficient (Wildman–Crippen LogP) is 9.74. The molecule has 0 saturated carbocycles. The van der Waals surface area contributed by atoms with Crippen LogP contribution in [0.2, 0.25) is 0 Å². The van der Waals surface area contributed by atoms with Crippen LogP contribution in [0.4, 0.5) is 0 Å². The zero-order valence-corrected chi connectivity index (χ0v) is 25.3. The van der Waals surface area contributed by atoms with Crippen molar-refractivity contribution in [1.82, 2.24) is 9.55 Å². The van der Waals surface area contributed by atoms with Gasteiger partial charge in [-0.3, -0.25) is 4.57 Å². The Morgan fingerprint density at radius 3 is 2.19 bits per heavy atom. The van der Waals surface area contributed by atoms with Crippen LogP contribution in [-0.4, -0.2) is 9.55 Å². The molecule has 0 unspecified atom stereocenters. The number of benzene rings is 5. The van der Waals surface area contributed by atoms with E-state index in [1.165, 1.54) is 71.0 Å². The maximum atomic E-state index is 4.79. The highest BCUT2D eigenvalue weighted by atomic mass is 15.0. The highest BCUT2D eigenvalue weighted by Crippen LogP contribution is 2.40. The van der Waals surface area contributed by atoms with E-state index in [1.807, 2.05) is 12.3 Å². The van der Waals surface area contributed by atoms with Crippen molar-refractivity contribution < 1.29 is 4.57 Å². The van der Waals surface area contributed by atoms with Crippen LogP contribution in [0, 0.1) is 6.92 Å². The van der Waals surface area contributed by atoms with E-state index in [4.69, 9.17) is 4.98 Å². The first-order valence-electron chi connectivity index (χ1n) is 15.0. The minimum absolute atomic E-state index is 0.0238. The zero-order valence-electron chi connectivity index (χ0n) is 25.3. The molecule has 0 amide bonds. The lowest BCUT2D eigenvalue weighted by Gasteiger charge is -2.24.